The summed E-state index contributed by atoms with van der Waals surface area (Å²) >= 11 is 0. The molecular weight excluding hydrogens is 222 g/mol. The summed E-state index contributed by atoms with van der Waals surface area (Å²) in [6.45, 7) is 0.895. The number of aromatic nitrogens is 1. The summed E-state index contributed by atoms with van der Waals surface area (Å²) in [6.07, 6.45) is 9.24. The Hall–Kier alpha value is -1.05. The normalized spacial score (nSPS) is 41.0. The first kappa shape index (κ1) is 10.8. The highest BCUT2D eigenvalue weighted by Gasteiger charge is 2.48. The lowest BCUT2D eigenvalue weighted by molar-refractivity contribution is -0.0534. The highest BCUT2D eigenvalue weighted by molar-refractivity contribution is 5.09. The molecule has 2 nitrogen and oxygen atoms in total. The van der Waals surface area contributed by atoms with Crippen LogP contribution in [0.1, 0.15) is 32.1 Å². The average Bonchev–Trinajstić information content (AvgIpc) is 2.38. The second-order valence-corrected chi connectivity index (χ2v) is 6.57. The number of nitrogens with zero attached hydrogens (tertiary/aromatic N) is 1. The summed E-state index contributed by atoms with van der Waals surface area (Å²) in [5, 5.41) is 0. The van der Waals surface area contributed by atoms with Gasteiger partial charge in [0.2, 0.25) is 5.88 Å². The summed E-state index contributed by atoms with van der Waals surface area (Å²) in [5.41, 5.74) is 0. The molecule has 1 aromatic heterocycles. The Morgan fingerprint density at radius 3 is 2.33 bits per heavy atom. The van der Waals surface area contributed by atoms with Gasteiger partial charge in [-0.05, 0) is 67.8 Å². The van der Waals surface area contributed by atoms with E-state index in [4.69, 9.17) is 4.74 Å². The standard InChI is InChI=1S/C16H21NO/c1-2-4-17-16(3-1)18-10-15-13-6-11-5-12(8-13)9-14(15)7-11/h1-4,11-15H,5-10H2. The Balaban J connectivity index is 1.43. The molecule has 0 aliphatic heterocycles. The van der Waals surface area contributed by atoms with E-state index in [2.05, 4.69) is 4.98 Å². The van der Waals surface area contributed by atoms with Crippen LogP contribution in [0.3, 0.4) is 0 Å². The first-order valence-corrected chi connectivity index (χ1v) is 7.42. The topological polar surface area (TPSA) is 22.1 Å². The molecule has 96 valence electrons. The summed E-state index contributed by atoms with van der Waals surface area (Å²) in [7, 11) is 0. The number of rotatable bonds is 3. The van der Waals surface area contributed by atoms with E-state index in [0.29, 0.717) is 0 Å². The third-order valence-corrected chi connectivity index (χ3v) is 5.48. The molecule has 4 aliphatic carbocycles. The van der Waals surface area contributed by atoms with Crippen molar-refractivity contribution in [2.75, 3.05) is 6.61 Å². The zero-order valence-electron chi connectivity index (χ0n) is 10.8. The van der Waals surface area contributed by atoms with Crippen LogP contribution in [-0.4, -0.2) is 11.6 Å². The summed E-state index contributed by atoms with van der Waals surface area (Å²) < 4.78 is 5.92. The minimum absolute atomic E-state index is 0.798. The van der Waals surface area contributed by atoms with Crippen molar-refractivity contribution >= 4 is 0 Å². The van der Waals surface area contributed by atoms with Crippen LogP contribution in [0.5, 0.6) is 5.88 Å². The van der Waals surface area contributed by atoms with Crippen LogP contribution in [0.25, 0.3) is 0 Å². The lowest BCUT2D eigenvalue weighted by atomic mass is 9.52. The van der Waals surface area contributed by atoms with Gasteiger partial charge in [0, 0.05) is 12.3 Å². The number of hydrogen-bond donors (Lipinski definition) is 0. The second-order valence-electron chi connectivity index (χ2n) is 6.57. The zero-order valence-corrected chi connectivity index (χ0v) is 10.8. The quantitative estimate of drug-likeness (QED) is 0.810. The molecule has 0 unspecified atom stereocenters. The lowest BCUT2D eigenvalue weighted by Gasteiger charge is -2.54. The molecule has 2 heteroatoms. The van der Waals surface area contributed by atoms with Gasteiger partial charge in [-0.1, -0.05) is 6.07 Å². The summed E-state index contributed by atoms with van der Waals surface area (Å²) in [6, 6.07) is 5.91. The molecule has 0 amide bonds. The van der Waals surface area contributed by atoms with E-state index in [1.807, 2.05) is 24.4 Å². The van der Waals surface area contributed by atoms with Crippen LogP contribution in [0, 0.1) is 29.6 Å². The molecule has 4 saturated carbocycles. The smallest absolute Gasteiger partial charge is 0.213 e. The monoisotopic (exact) mass is 243 g/mol. The van der Waals surface area contributed by atoms with Crippen LogP contribution >= 0.6 is 0 Å². The van der Waals surface area contributed by atoms with Crippen LogP contribution in [0.2, 0.25) is 0 Å². The van der Waals surface area contributed by atoms with Crippen molar-refractivity contribution in [1.29, 1.82) is 0 Å². The fraction of sp³-hybridized carbons (Fsp3) is 0.688. The van der Waals surface area contributed by atoms with Crippen LogP contribution in [-0.2, 0) is 0 Å². The van der Waals surface area contributed by atoms with Crippen molar-refractivity contribution < 1.29 is 4.74 Å². The minimum Gasteiger partial charge on any atom is -0.477 e. The largest absolute Gasteiger partial charge is 0.477 e. The van der Waals surface area contributed by atoms with Gasteiger partial charge in [-0.2, -0.15) is 0 Å². The molecule has 0 aromatic carbocycles. The van der Waals surface area contributed by atoms with Gasteiger partial charge in [0.05, 0.1) is 6.61 Å². The van der Waals surface area contributed by atoms with Crippen molar-refractivity contribution in [3.8, 4) is 5.88 Å². The molecule has 1 aromatic rings. The highest BCUT2D eigenvalue weighted by atomic mass is 16.5. The molecule has 18 heavy (non-hydrogen) atoms. The molecule has 0 saturated heterocycles. The van der Waals surface area contributed by atoms with E-state index < -0.39 is 0 Å². The molecule has 0 atom stereocenters. The molecule has 5 rings (SSSR count). The van der Waals surface area contributed by atoms with E-state index >= 15 is 0 Å². The van der Waals surface area contributed by atoms with E-state index in [1.165, 1.54) is 32.1 Å². The Morgan fingerprint density at radius 2 is 1.72 bits per heavy atom. The molecule has 0 N–H and O–H groups in total. The molecule has 4 aliphatic rings. The van der Waals surface area contributed by atoms with Gasteiger partial charge in [-0.3, -0.25) is 0 Å². The molecule has 1 heterocycles. The summed E-state index contributed by atoms with van der Waals surface area (Å²) in [4.78, 5) is 4.26. The predicted octanol–water partition coefficient (Wildman–Crippen LogP) is 3.53. The first-order valence-electron chi connectivity index (χ1n) is 7.42. The van der Waals surface area contributed by atoms with E-state index in [-0.39, 0.29) is 0 Å². The molecular formula is C16H21NO. The van der Waals surface area contributed by atoms with Gasteiger partial charge in [0.15, 0.2) is 0 Å². The van der Waals surface area contributed by atoms with Gasteiger partial charge in [-0.15, -0.1) is 0 Å². The van der Waals surface area contributed by atoms with Gasteiger partial charge < -0.3 is 4.74 Å². The minimum atomic E-state index is 0.798. The van der Waals surface area contributed by atoms with Crippen molar-refractivity contribution in [1.82, 2.24) is 4.98 Å². The van der Waals surface area contributed by atoms with E-state index in [0.717, 1.165) is 42.1 Å². The predicted molar refractivity (Wildman–Crippen MR) is 70.3 cm³/mol. The Labute approximate surface area is 109 Å². The van der Waals surface area contributed by atoms with Crippen molar-refractivity contribution in [2.45, 2.75) is 32.1 Å². The average molecular weight is 243 g/mol. The van der Waals surface area contributed by atoms with Gasteiger partial charge >= 0.3 is 0 Å². The fourth-order valence-corrected chi connectivity index (χ4v) is 4.92. The number of pyridine rings is 1. The fourth-order valence-electron chi connectivity index (χ4n) is 4.92. The van der Waals surface area contributed by atoms with Gasteiger partial charge in [-0.25, -0.2) is 4.98 Å². The molecule has 4 fully saturated rings. The van der Waals surface area contributed by atoms with Crippen molar-refractivity contribution in [3.05, 3.63) is 24.4 Å². The first-order chi connectivity index (χ1) is 8.88. The van der Waals surface area contributed by atoms with Crippen LogP contribution in [0.4, 0.5) is 0 Å². The van der Waals surface area contributed by atoms with Crippen molar-refractivity contribution in [3.63, 3.8) is 0 Å². The highest BCUT2D eigenvalue weighted by Crippen LogP contribution is 2.56. The maximum Gasteiger partial charge on any atom is 0.213 e. The Bertz CT molecular complexity index is 388. The summed E-state index contributed by atoms with van der Waals surface area (Å²) in [5.74, 6) is 5.61. The van der Waals surface area contributed by atoms with Crippen LogP contribution < -0.4 is 4.74 Å². The lowest BCUT2D eigenvalue weighted by Crippen LogP contribution is -2.47. The van der Waals surface area contributed by atoms with Crippen LogP contribution in [0.15, 0.2) is 24.4 Å². The Kier molecular flexibility index (Phi) is 2.56. The molecule has 0 radical (unpaired) electrons. The molecule has 0 spiro atoms. The number of hydrogen-bond acceptors (Lipinski definition) is 2. The maximum atomic E-state index is 5.92. The third kappa shape index (κ3) is 1.82. The second kappa shape index (κ2) is 4.25. The Morgan fingerprint density at radius 1 is 1.00 bits per heavy atom. The maximum absolute atomic E-state index is 5.92. The SMILES string of the molecule is c1ccc(OCC2C3CC4CC(C3)CC2C4)nc1. The van der Waals surface area contributed by atoms with Gasteiger partial charge in [0.1, 0.15) is 0 Å². The van der Waals surface area contributed by atoms with E-state index in [9.17, 15) is 0 Å². The molecule has 4 bridgehead atoms. The van der Waals surface area contributed by atoms with Crippen molar-refractivity contribution in [2.24, 2.45) is 29.6 Å². The van der Waals surface area contributed by atoms with E-state index in [1.54, 1.807) is 0 Å². The zero-order chi connectivity index (χ0) is 11.9. The number of ether oxygens (including phenoxy) is 1. The van der Waals surface area contributed by atoms with Gasteiger partial charge in [0.25, 0.3) is 0 Å². The third-order valence-electron chi connectivity index (χ3n) is 5.48.